The molecule has 0 N–H and O–H groups in total. The molecule has 0 atom stereocenters. The third kappa shape index (κ3) is 1.85. The Labute approximate surface area is 71.7 Å². The SMILES string of the molecule is C=CC(CC)(C(C)C)C(C)C. The molecule has 0 aromatic carbocycles. The number of hydrogen-bond acceptors (Lipinski definition) is 0. The molecule has 0 aliphatic heterocycles. The van der Waals surface area contributed by atoms with Crippen molar-refractivity contribution in [3.63, 3.8) is 0 Å². The first kappa shape index (κ1) is 10.7. The lowest BCUT2D eigenvalue weighted by Gasteiger charge is -2.37. The van der Waals surface area contributed by atoms with Gasteiger partial charge in [0.15, 0.2) is 0 Å². The number of hydrogen-bond donors (Lipinski definition) is 0. The van der Waals surface area contributed by atoms with Crippen LogP contribution in [0, 0.1) is 17.3 Å². The van der Waals surface area contributed by atoms with Gasteiger partial charge in [0.2, 0.25) is 0 Å². The van der Waals surface area contributed by atoms with Gasteiger partial charge in [-0.25, -0.2) is 0 Å². The molecule has 0 heterocycles. The molecule has 0 spiro atoms. The highest BCUT2D eigenvalue weighted by Crippen LogP contribution is 2.39. The molecule has 0 radical (unpaired) electrons. The average Bonchev–Trinajstić information content (AvgIpc) is 1.90. The standard InChI is InChI=1S/C11H22/c1-7-11(8-2,9(3)4)10(5)6/h7,9-10H,1,8H2,2-6H3. The Bertz CT molecular complexity index is 112. The van der Waals surface area contributed by atoms with Crippen LogP contribution in [0.4, 0.5) is 0 Å². The van der Waals surface area contributed by atoms with Crippen molar-refractivity contribution in [1.82, 2.24) is 0 Å². The molecule has 0 fully saturated rings. The minimum atomic E-state index is 0.347. The van der Waals surface area contributed by atoms with E-state index in [0.717, 1.165) is 0 Å². The summed E-state index contributed by atoms with van der Waals surface area (Å²) >= 11 is 0. The predicted molar refractivity (Wildman–Crippen MR) is 52.6 cm³/mol. The maximum atomic E-state index is 3.95. The third-order valence-electron chi connectivity index (χ3n) is 3.14. The largest absolute Gasteiger partial charge is 0.103 e. The molecule has 0 nitrogen and oxygen atoms in total. The molecule has 0 aromatic rings. The zero-order valence-corrected chi connectivity index (χ0v) is 8.65. The fourth-order valence-corrected chi connectivity index (χ4v) is 2.10. The first-order valence-corrected chi connectivity index (χ1v) is 4.64. The second kappa shape index (κ2) is 3.94. The molecular formula is C11H22. The molecule has 0 saturated heterocycles. The molecule has 0 unspecified atom stereocenters. The Morgan fingerprint density at radius 1 is 1.18 bits per heavy atom. The van der Waals surface area contributed by atoms with E-state index in [1.807, 2.05) is 0 Å². The molecule has 0 aliphatic carbocycles. The van der Waals surface area contributed by atoms with Crippen LogP contribution in [0.1, 0.15) is 41.0 Å². The van der Waals surface area contributed by atoms with Gasteiger partial charge in [-0.1, -0.05) is 40.7 Å². The topological polar surface area (TPSA) is 0 Å². The van der Waals surface area contributed by atoms with Crippen molar-refractivity contribution in [2.75, 3.05) is 0 Å². The van der Waals surface area contributed by atoms with E-state index in [4.69, 9.17) is 0 Å². The Balaban J connectivity index is 4.60. The lowest BCUT2D eigenvalue weighted by molar-refractivity contribution is 0.172. The summed E-state index contributed by atoms with van der Waals surface area (Å²) in [6.07, 6.45) is 3.34. The van der Waals surface area contributed by atoms with E-state index in [1.54, 1.807) is 0 Å². The molecule has 0 amide bonds. The normalized spacial score (nSPS) is 12.6. The van der Waals surface area contributed by atoms with Crippen molar-refractivity contribution in [3.05, 3.63) is 12.7 Å². The van der Waals surface area contributed by atoms with Gasteiger partial charge in [-0.2, -0.15) is 0 Å². The summed E-state index contributed by atoms with van der Waals surface area (Å²) in [5.41, 5.74) is 0.347. The lowest BCUT2D eigenvalue weighted by Crippen LogP contribution is -2.29. The van der Waals surface area contributed by atoms with Gasteiger partial charge in [0, 0.05) is 0 Å². The van der Waals surface area contributed by atoms with Crippen LogP contribution >= 0.6 is 0 Å². The zero-order valence-electron chi connectivity index (χ0n) is 8.65. The molecule has 66 valence electrons. The summed E-state index contributed by atoms with van der Waals surface area (Å²) < 4.78 is 0. The van der Waals surface area contributed by atoms with Crippen LogP contribution < -0.4 is 0 Å². The van der Waals surface area contributed by atoms with Gasteiger partial charge in [0.1, 0.15) is 0 Å². The molecular weight excluding hydrogens is 132 g/mol. The molecule has 0 bridgehead atoms. The van der Waals surface area contributed by atoms with E-state index in [2.05, 4.69) is 47.3 Å². The van der Waals surface area contributed by atoms with Crippen molar-refractivity contribution in [2.24, 2.45) is 17.3 Å². The van der Waals surface area contributed by atoms with Gasteiger partial charge in [0.05, 0.1) is 0 Å². The Morgan fingerprint density at radius 3 is 1.55 bits per heavy atom. The Kier molecular flexibility index (Phi) is 3.85. The average molecular weight is 154 g/mol. The minimum absolute atomic E-state index is 0.347. The highest BCUT2D eigenvalue weighted by atomic mass is 14.4. The fourth-order valence-electron chi connectivity index (χ4n) is 2.10. The minimum Gasteiger partial charge on any atom is -0.103 e. The van der Waals surface area contributed by atoms with Gasteiger partial charge in [-0.05, 0) is 23.7 Å². The van der Waals surface area contributed by atoms with Crippen LogP contribution in [0.5, 0.6) is 0 Å². The van der Waals surface area contributed by atoms with Gasteiger partial charge < -0.3 is 0 Å². The highest BCUT2D eigenvalue weighted by Gasteiger charge is 2.31. The van der Waals surface area contributed by atoms with Crippen LogP contribution in [0.2, 0.25) is 0 Å². The van der Waals surface area contributed by atoms with Crippen LogP contribution in [0.15, 0.2) is 12.7 Å². The fraction of sp³-hybridized carbons (Fsp3) is 0.818. The molecule has 0 aromatic heterocycles. The van der Waals surface area contributed by atoms with Gasteiger partial charge >= 0.3 is 0 Å². The summed E-state index contributed by atoms with van der Waals surface area (Å²) in [7, 11) is 0. The second-order valence-electron chi connectivity index (χ2n) is 3.98. The van der Waals surface area contributed by atoms with E-state index >= 15 is 0 Å². The van der Waals surface area contributed by atoms with Crippen LogP contribution in [0.25, 0.3) is 0 Å². The first-order valence-electron chi connectivity index (χ1n) is 4.64. The first-order chi connectivity index (χ1) is 5.01. The predicted octanol–water partition coefficient (Wildman–Crippen LogP) is 3.88. The second-order valence-corrected chi connectivity index (χ2v) is 3.98. The molecule has 0 aliphatic rings. The van der Waals surface area contributed by atoms with Crippen molar-refractivity contribution in [3.8, 4) is 0 Å². The molecule has 0 rings (SSSR count). The molecule has 0 heteroatoms. The lowest BCUT2D eigenvalue weighted by atomic mass is 9.67. The summed E-state index contributed by atoms with van der Waals surface area (Å²) in [6, 6.07) is 0. The number of rotatable bonds is 4. The summed E-state index contributed by atoms with van der Waals surface area (Å²) in [5.74, 6) is 1.40. The van der Waals surface area contributed by atoms with Crippen molar-refractivity contribution in [2.45, 2.75) is 41.0 Å². The van der Waals surface area contributed by atoms with Gasteiger partial charge in [0.25, 0.3) is 0 Å². The van der Waals surface area contributed by atoms with Crippen LogP contribution in [-0.4, -0.2) is 0 Å². The summed E-state index contributed by atoms with van der Waals surface area (Å²) in [6.45, 7) is 15.3. The van der Waals surface area contributed by atoms with E-state index in [-0.39, 0.29) is 0 Å². The van der Waals surface area contributed by atoms with Crippen molar-refractivity contribution >= 4 is 0 Å². The molecule has 11 heavy (non-hydrogen) atoms. The third-order valence-corrected chi connectivity index (χ3v) is 3.14. The van der Waals surface area contributed by atoms with E-state index in [1.165, 1.54) is 6.42 Å². The smallest absolute Gasteiger partial charge is 0.00776 e. The summed E-state index contributed by atoms with van der Waals surface area (Å²) in [4.78, 5) is 0. The number of allylic oxidation sites excluding steroid dienone is 1. The highest BCUT2D eigenvalue weighted by molar-refractivity contribution is 4.98. The monoisotopic (exact) mass is 154 g/mol. The zero-order chi connectivity index (χ0) is 9.07. The van der Waals surface area contributed by atoms with Crippen molar-refractivity contribution < 1.29 is 0 Å². The van der Waals surface area contributed by atoms with Gasteiger partial charge in [-0.15, -0.1) is 6.58 Å². The Hall–Kier alpha value is -0.260. The van der Waals surface area contributed by atoms with E-state index in [9.17, 15) is 0 Å². The Morgan fingerprint density at radius 2 is 1.55 bits per heavy atom. The quantitative estimate of drug-likeness (QED) is 0.539. The van der Waals surface area contributed by atoms with Crippen LogP contribution in [0.3, 0.4) is 0 Å². The van der Waals surface area contributed by atoms with Crippen LogP contribution in [-0.2, 0) is 0 Å². The summed E-state index contributed by atoms with van der Waals surface area (Å²) in [5, 5.41) is 0. The van der Waals surface area contributed by atoms with E-state index in [0.29, 0.717) is 17.3 Å². The maximum absolute atomic E-state index is 3.95. The van der Waals surface area contributed by atoms with Crippen molar-refractivity contribution in [1.29, 1.82) is 0 Å². The molecule has 0 saturated carbocycles. The van der Waals surface area contributed by atoms with Gasteiger partial charge in [-0.3, -0.25) is 0 Å². The maximum Gasteiger partial charge on any atom is -0.00776 e. The van der Waals surface area contributed by atoms with E-state index < -0.39 is 0 Å².